The lowest BCUT2D eigenvalue weighted by molar-refractivity contribution is 0.243. The van der Waals surface area contributed by atoms with Crippen molar-refractivity contribution in [2.75, 3.05) is 0 Å². The largest absolute Gasteiger partial charge is 0.389 e. The molecule has 0 spiro atoms. The standard InChI is InChI=1S/C13H16O/c1-11(10-12(2)14)8-9-13-6-4-3-5-7-13/h3-10,12,14H,1-2H3/b9-8+,11-10+/t12-/m0/s1. The number of aliphatic hydroxyl groups is 1. The highest BCUT2D eigenvalue weighted by Gasteiger charge is 1.88. The maximum absolute atomic E-state index is 9.11. The van der Waals surface area contributed by atoms with Crippen LogP contribution in [0, 0.1) is 0 Å². The van der Waals surface area contributed by atoms with Crippen molar-refractivity contribution in [3.8, 4) is 0 Å². The first-order chi connectivity index (χ1) is 6.68. The highest BCUT2D eigenvalue weighted by molar-refractivity contribution is 5.52. The Morgan fingerprint density at radius 3 is 2.50 bits per heavy atom. The molecule has 1 aromatic carbocycles. The molecule has 74 valence electrons. The van der Waals surface area contributed by atoms with Gasteiger partial charge in [-0.3, -0.25) is 0 Å². The number of allylic oxidation sites excluding steroid dienone is 2. The molecular weight excluding hydrogens is 172 g/mol. The zero-order valence-electron chi connectivity index (χ0n) is 8.64. The molecule has 0 aliphatic heterocycles. The SMILES string of the molecule is CC(/C=C/c1ccccc1)=C\[C@H](C)O. The molecule has 1 atom stereocenters. The van der Waals surface area contributed by atoms with Crippen molar-refractivity contribution in [2.45, 2.75) is 20.0 Å². The van der Waals surface area contributed by atoms with Gasteiger partial charge in [0.15, 0.2) is 0 Å². The Morgan fingerprint density at radius 2 is 1.93 bits per heavy atom. The summed E-state index contributed by atoms with van der Waals surface area (Å²) in [5, 5.41) is 9.11. The maximum atomic E-state index is 9.11. The van der Waals surface area contributed by atoms with Crippen LogP contribution in [0.2, 0.25) is 0 Å². The van der Waals surface area contributed by atoms with Crippen molar-refractivity contribution in [3.63, 3.8) is 0 Å². The quantitative estimate of drug-likeness (QED) is 0.723. The Balaban J connectivity index is 2.65. The van der Waals surface area contributed by atoms with Crippen LogP contribution in [0.3, 0.4) is 0 Å². The van der Waals surface area contributed by atoms with E-state index in [1.54, 1.807) is 6.92 Å². The van der Waals surface area contributed by atoms with E-state index >= 15 is 0 Å². The minimum Gasteiger partial charge on any atom is -0.389 e. The maximum Gasteiger partial charge on any atom is 0.0698 e. The third kappa shape index (κ3) is 4.06. The van der Waals surface area contributed by atoms with Crippen molar-refractivity contribution in [1.29, 1.82) is 0 Å². The minimum atomic E-state index is -0.379. The van der Waals surface area contributed by atoms with Gasteiger partial charge in [-0.15, -0.1) is 0 Å². The van der Waals surface area contributed by atoms with Gasteiger partial charge in [0.25, 0.3) is 0 Å². The molecule has 0 aliphatic carbocycles. The molecule has 0 fully saturated rings. The lowest BCUT2D eigenvalue weighted by Crippen LogP contribution is -1.93. The van der Waals surface area contributed by atoms with Crippen molar-refractivity contribution in [1.82, 2.24) is 0 Å². The Hall–Kier alpha value is -1.34. The second-order valence-corrected chi connectivity index (χ2v) is 3.40. The molecule has 0 aromatic heterocycles. The molecule has 0 bridgehead atoms. The molecule has 1 aromatic rings. The second-order valence-electron chi connectivity index (χ2n) is 3.40. The van der Waals surface area contributed by atoms with Crippen LogP contribution in [0.4, 0.5) is 0 Å². The zero-order valence-corrected chi connectivity index (χ0v) is 8.64. The summed E-state index contributed by atoms with van der Waals surface area (Å²) < 4.78 is 0. The summed E-state index contributed by atoms with van der Waals surface area (Å²) in [6.45, 7) is 3.73. The average Bonchev–Trinajstić information content (AvgIpc) is 2.15. The number of hydrogen-bond donors (Lipinski definition) is 1. The molecule has 1 rings (SSSR count). The number of aliphatic hydroxyl groups excluding tert-OH is 1. The van der Waals surface area contributed by atoms with E-state index in [-0.39, 0.29) is 6.10 Å². The smallest absolute Gasteiger partial charge is 0.0698 e. The number of hydrogen-bond acceptors (Lipinski definition) is 1. The van der Waals surface area contributed by atoms with Gasteiger partial charge in [-0.05, 0) is 19.4 Å². The van der Waals surface area contributed by atoms with E-state index < -0.39 is 0 Å². The summed E-state index contributed by atoms with van der Waals surface area (Å²) in [6, 6.07) is 10.1. The van der Waals surface area contributed by atoms with Gasteiger partial charge in [0.1, 0.15) is 0 Å². The van der Waals surface area contributed by atoms with Gasteiger partial charge in [0.2, 0.25) is 0 Å². The van der Waals surface area contributed by atoms with Crippen LogP contribution in [0.15, 0.2) is 48.1 Å². The molecule has 0 saturated carbocycles. The highest BCUT2D eigenvalue weighted by atomic mass is 16.3. The highest BCUT2D eigenvalue weighted by Crippen LogP contribution is 2.05. The summed E-state index contributed by atoms with van der Waals surface area (Å²) in [5.74, 6) is 0. The van der Waals surface area contributed by atoms with Crippen molar-refractivity contribution in [3.05, 3.63) is 53.6 Å². The first-order valence-corrected chi connectivity index (χ1v) is 4.78. The van der Waals surface area contributed by atoms with Crippen molar-refractivity contribution >= 4 is 6.08 Å². The summed E-state index contributed by atoms with van der Waals surface area (Å²) in [6.07, 6.45) is 5.48. The molecule has 0 heterocycles. The molecule has 1 heteroatoms. The topological polar surface area (TPSA) is 20.2 Å². The van der Waals surface area contributed by atoms with Crippen molar-refractivity contribution < 1.29 is 5.11 Å². The average molecular weight is 188 g/mol. The van der Waals surface area contributed by atoms with E-state index in [0.29, 0.717) is 0 Å². The van der Waals surface area contributed by atoms with Crippen LogP contribution in [-0.2, 0) is 0 Å². The molecule has 0 aliphatic rings. The van der Waals surface area contributed by atoms with Crippen LogP contribution >= 0.6 is 0 Å². The first kappa shape index (κ1) is 10.7. The fourth-order valence-electron chi connectivity index (χ4n) is 1.23. The van der Waals surface area contributed by atoms with Crippen LogP contribution in [0.5, 0.6) is 0 Å². The van der Waals surface area contributed by atoms with Gasteiger partial charge in [-0.25, -0.2) is 0 Å². The lowest BCUT2D eigenvalue weighted by Gasteiger charge is -1.96. The van der Waals surface area contributed by atoms with Gasteiger partial charge in [-0.1, -0.05) is 54.1 Å². The minimum absolute atomic E-state index is 0.379. The Kier molecular flexibility index (Phi) is 4.14. The van der Waals surface area contributed by atoms with E-state index in [9.17, 15) is 0 Å². The predicted octanol–water partition coefficient (Wildman–Crippen LogP) is 3.03. The normalized spacial score (nSPS) is 14.6. The zero-order chi connectivity index (χ0) is 10.4. The molecule has 1 N–H and O–H groups in total. The third-order valence-electron chi connectivity index (χ3n) is 1.84. The van der Waals surface area contributed by atoms with Crippen molar-refractivity contribution in [2.24, 2.45) is 0 Å². The van der Waals surface area contributed by atoms with Gasteiger partial charge < -0.3 is 5.11 Å². The summed E-state index contributed by atoms with van der Waals surface area (Å²) >= 11 is 0. The summed E-state index contributed by atoms with van der Waals surface area (Å²) in [5.41, 5.74) is 2.25. The lowest BCUT2D eigenvalue weighted by atomic mass is 10.1. The van der Waals surface area contributed by atoms with Gasteiger partial charge >= 0.3 is 0 Å². The molecule has 0 unspecified atom stereocenters. The summed E-state index contributed by atoms with van der Waals surface area (Å²) in [7, 11) is 0. The van der Waals surface area contributed by atoms with Crippen LogP contribution in [-0.4, -0.2) is 11.2 Å². The summed E-state index contributed by atoms with van der Waals surface area (Å²) in [4.78, 5) is 0. The Morgan fingerprint density at radius 1 is 1.29 bits per heavy atom. The fraction of sp³-hybridized carbons (Fsp3) is 0.231. The molecule has 1 nitrogen and oxygen atoms in total. The van der Waals surface area contributed by atoms with E-state index in [0.717, 1.165) is 5.57 Å². The van der Waals surface area contributed by atoms with Crippen LogP contribution in [0.1, 0.15) is 19.4 Å². The third-order valence-corrected chi connectivity index (χ3v) is 1.84. The Bertz CT molecular complexity index is 320. The molecule has 0 saturated heterocycles. The first-order valence-electron chi connectivity index (χ1n) is 4.78. The van der Waals surface area contributed by atoms with Gasteiger partial charge in [-0.2, -0.15) is 0 Å². The van der Waals surface area contributed by atoms with E-state index in [1.807, 2.05) is 55.5 Å². The predicted molar refractivity (Wildman–Crippen MR) is 60.9 cm³/mol. The molecular formula is C13H16O. The Labute approximate surface area is 85.4 Å². The van der Waals surface area contributed by atoms with Gasteiger partial charge in [0, 0.05) is 0 Å². The number of rotatable bonds is 3. The molecule has 14 heavy (non-hydrogen) atoms. The van der Waals surface area contributed by atoms with Gasteiger partial charge in [0.05, 0.1) is 6.10 Å². The monoisotopic (exact) mass is 188 g/mol. The fourth-order valence-corrected chi connectivity index (χ4v) is 1.23. The molecule has 0 amide bonds. The van der Waals surface area contributed by atoms with E-state index in [1.165, 1.54) is 5.56 Å². The molecule has 0 radical (unpaired) electrons. The number of benzene rings is 1. The van der Waals surface area contributed by atoms with E-state index in [4.69, 9.17) is 5.11 Å². The van der Waals surface area contributed by atoms with Crippen LogP contribution in [0.25, 0.3) is 6.08 Å². The van der Waals surface area contributed by atoms with Crippen LogP contribution < -0.4 is 0 Å². The van der Waals surface area contributed by atoms with E-state index in [2.05, 4.69) is 0 Å². The second kappa shape index (κ2) is 5.40.